The van der Waals surface area contributed by atoms with Crippen LogP contribution in [0.4, 0.5) is 0 Å². The minimum Gasteiger partial charge on any atom is -0.493 e. The van der Waals surface area contributed by atoms with Crippen molar-refractivity contribution in [1.82, 2.24) is 19.9 Å². The summed E-state index contributed by atoms with van der Waals surface area (Å²) in [5.74, 6) is 8.95. The highest BCUT2D eigenvalue weighted by molar-refractivity contribution is 7.98. The van der Waals surface area contributed by atoms with Gasteiger partial charge in [0, 0.05) is 22.1 Å². The number of thiazole rings is 1. The molecule has 2 heterocycles. The molecule has 0 aliphatic rings. The van der Waals surface area contributed by atoms with E-state index in [1.165, 1.54) is 11.8 Å². The number of rotatable bonds is 6. The van der Waals surface area contributed by atoms with Crippen LogP contribution in [0.5, 0.6) is 11.5 Å². The maximum atomic E-state index is 6.14. The summed E-state index contributed by atoms with van der Waals surface area (Å²) in [7, 11) is 3.25. The molecule has 0 spiro atoms. The van der Waals surface area contributed by atoms with Crippen molar-refractivity contribution >= 4 is 23.1 Å². The average molecular weight is 406 g/mol. The molecule has 1 aromatic carbocycles. The highest BCUT2D eigenvalue weighted by atomic mass is 32.2. The highest BCUT2D eigenvalue weighted by Crippen LogP contribution is 2.34. The number of nitrogens with zero attached hydrogens (tertiary/aromatic N) is 4. The largest absolute Gasteiger partial charge is 0.493 e. The van der Waals surface area contributed by atoms with E-state index in [0.717, 1.165) is 22.1 Å². The Morgan fingerprint density at radius 2 is 1.89 bits per heavy atom. The molecule has 0 saturated heterocycles. The third-order valence-electron chi connectivity index (χ3n) is 3.87. The van der Waals surface area contributed by atoms with E-state index in [1.807, 2.05) is 23.6 Å². The number of aromatic nitrogens is 4. The molecule has 0 bridgehead atoms. The first-order valence-electron chi connectivity index (χ1n) is 8.34. The minimum absolute atomic E-state index is 0.151. The Hall–Kier alpha value is -2.26. The van der Waals surface area contributed by atoms with Gasteiger partial charge in [0.05, 0.1) is 19.9 Å². The molecule has 7 nitrogen and oxygen atoms in total. The zero-order chi connectivity index (χ0) is 19.6. The van der Waals surface area contributed by atoms with E-state index in [4.69, 9.17) is 20.3 Å². The normalized spacial score (nSPS) is 11.6. The highest BCUT2D eigenvalue weighted by Gasteiger charge is 2.23. The first-order chi connectivity index (χ1) is 12.8. The van der Waals surface area contributed by atoms with Gasteiger partial charge in [-0.3, -0.25) is 0 Å². The lowest BCUT2D eigenvalue weighted by Crippen LogP contribution is -2.24. The van der Waals surface area contributed by atoms with Crippen molar-refractivity contribution in [3.63, 3.8) is 0 Å². The van der Waals surface area contributed by atoms with Crippen molar-refractivity contribution in [3.05, 3.63) is 35.1 Å². The fourth-order valence-electron chi connectivity index (χ4n) is 2.50. The number of ether oxygens (including phenoxy) is 2. The molecule has 3 rings (SSSR count). The first kappa shape index (κ1) is 19.5. The quantitative estimate of drug-likeness (QED) is 0.494. The number of hydrogen-bond acceptors (Lipinski definition) is 8. The summed E-state index contributed by atoms with van der Waals surface area (Å²) in [5.41, 5.74) is 1.81. The van der Waals surface area contributed by atoms with Crippen LogP contribution >= 0.6 is 23.1 Å². The predicted octanol–water partition coefficient (Wildman–Crippen LogP) is 3.72. The molecule has 0 radical (unpaired) electrons. The van der Waals surface area contributed by atoms with Gasteiger partial charge in [-0.1, -0.05) is 32.5 Å². The summed E-state index contributed by atoms with van der Waals surface area (Å²) in [4.78, 5) is 4.71. The van der Waals surface area contributed by atoms with E-state index in [1.54, 1.807) is 30.2 Å². The van der Waals surface area contributed by atoms with Crippen LogP contribution in [0.1, 0.15) is 32.3 Å². The van der Waals surface area contributed by atoms with Gasteiger partial charge in [-0.2, -0.15) is 0 Å². The van der Waals surface area contributed by atoms with Gasteiger partial charge >= 0.3 is 0 Å². The first-order valence-corrected chi connectivity index (χ1v) is 10.2. The average Bonchev–Trinajstić information content (AvgIpc) is 3.25. The molecule has 0 amide bonds. The zero-order valence-corrected chi connectivity index (χ0v) is 17.6. The second kappa shape index (κ2) is 7.77. The van der Waals surface area contributed by atoms with Crippen molar-refractivity contribution in [2.45, 2.75) is 37.1 Å². The summed E-state index contributed by atoms with van der Waals surface area (Å²) >= 11 is 3.11. The number of thioether (sulfide) groups is 1. The van der Waals surface area contributed by atoms with Crippen molar-refractivity contribution in [2.24, 2.45) is 0 Å². The monoisotopic (exact) mass is 405 g/mol. The molecule has 0 aliphatic heterocycles. The topological polar surface area (TPSA) is 88.1 Å². The molecular weight excluding hydrogens is 382 g/mol. The Kier molecular flexibility index (Phi) is 5.61. The zero-order valence-electron chi connectivity index (χ0n) is 16.0. The molecule has 0 saturated carbocycles. The number of nitrogens with two attached hydrogens (primary N) is 1. The molecule has 9 heteroatoms. The van der Waals surface area contributed by atoms with Crippen LogP contribution in [0.2, 0.25) is 0 Å². The van der Waals surface area contributed by atoms with Crippen molar-refractivity contribution in [1.29, 1.82) is 0 Å². The lowest BCUT2D eigenvalue weighted by atomic mass is 9.96. The summed E-state index contributed by atoms with van der Waals surface area (Å²) in [6.07, 6.45) is 0. The number of hydrogen-bond donors (Lipinski definition) is 1. The maximum Gasteiger partial charge on any atom is 0.210 e. The fraction of sp³-hybridized carbons (Fsp3) is 0.389. The summed E-state index contributed by atoms with van der Waals surface area (Å²) in [6, 6.07) is 5.79. The van der Waals surface area contributed by atoms with Crippen LogP contribution in [0.25, 0.3) is 10.6 Å². The molecule has 27 heavy (non-hydrogen) atoms. The Morgan fingerprint density at radius 1 is 1.15 bits per heavy atom. The summed E-state index contributed by atoms with van der Waals surface area (Å²) < 4.78 is 12.2. The van der Waals surface area contributed by atoms with Crippen molar-refractivity contribution in [2.75, 3.05) is 20.1 Å². The second-order valence-electron chi connectivity index (χ2n) is 6.93. The van der Waals surface area contributed by atoms with Crippen LogP contribution in [0, 0.1) is 0 Å². The minimum atomic E-state index is -0.151. The van der Waals surface area contributed by atoms with Crippen molar-refractivity contribution < 1.29 is 9.47 Å². The molecule has 2 N–H and O–H groups in total. The molecule has 0 fully saturated rings. The van der Waals surface area contributed by atoms with Gasteiger partial charge in [0.25, 0.3) is 0 Å². The third kappa shape index (κ3) is 4.19. The fourth-order valence-corrected chi connectivity index (χ4v) is 4.17. The SMILES string of the molecule is COc1ccc(-c2nc(CSc3nnc(C(C)(C)C)n3N)cs2)cc1OC. The number of methoxy groups -OCH3 is 2. The second-order valence-corrected chi connectivity index (χ2v) is 8.73. The van der Waals surface area contributed by atoms with Crippen LogP contribution in [0.3, 0.4) is 0 Å². The molecule has 3 aromatic rings. The number of nitrogen functional groups attached to an aromatic ring is 1. The van der Waals surface area contributed by atoms with Crippen molar-refractivity contribution in [3.8, 4) is 22.1 Å². The van der Waals surface area contributed by atoms with E-state index >= 15 is 0 Å². The van der Waals surface area contributed by atoms with E-state index < -0.39 is 0 Å². The molecule has 144 valence electrons. The van der Waals surface area contributed by atoms with Gasteiger partial charge < -0.3 is 15.3 Å². The molecule has 0 atom stereocenters. The summed E-state index contributed by atoms with van der Waals surface area (Å²) in [6.45, 7) is 6.18. The van der Waals surface area contributed by atoms with Gasteiger partial charge in [0.15, 0.2) is 17.3 Å². The third-order valence-corrected chi connectivity index (χ3v) is 5.78. The Morgan fingerprint density at radius 3 is 2.52 bits per heavy atom. The summed E-state index contributed by atoms with van der Waals surface area (Å²) in [5, 5.41) is 12.1. The maximum absolute atomic E-state index is 6.14. The van der Waals surface area contributed by atoms with Gasteiger partial charge in [-0.05, 0) is 18.2 Å². The van der Waals surface area contributed by atoms with E-state index in [-0.39, 0.29) is 5.41 Å². The Labute approximate surface area is 166 Å². The van der Waals surface area contributed by atoms with Gasteiger partial charge in [0.2, 0.25) is 5.16 Å². The molecular formula is C18H23N5O2S2. The van der Waals surface area contributed by atoms with Crippen LogP contribution in [0.15, 0.2) is 28.7 Å². The van der Waals surface area contributed by atoms with Gasteiger partial charge in [0.1, 0.15) is 5.01 Å². The molecule has 2 aromatic heterocycles. The predicted molar refractivity (Wildman–Crippen MR) is 109 cm³/mol. The lowest BCUT2D eigenvalue weighted by molar-refractivity contribution is 0.355. The van der Waals surface area contributed by atoms with Gasteiger partial charge in [-0.25, -0.2) is 9.66 Å². The smallest absolute Gasteiger partial charge is 0.210 e. The number of benzene rings is 1. The lowest BCUT2D eigenvalue weighted by Gasteiger charge is -2.16. The van der Waals surface area contributed by atoms with Gasteiger partial charge in [-0.15, -0.1) is 21.5 Å². The van der Waals surface area contributed by atoms with E-state index in [2.05, 4.69) is 31.0 Å². The Bertz CT molecular complexity index is 930. The molecule has 0 unspecified atom stereocenters. The Balaban J connectivity index is 1.73. The van der Waals surface area contributed by atoms with E-state index in [0.29, 0.717) is 22.4 Å². The standard InChI is InChI=1S/C18H23N5O2S2/c1-18(2,3)16-21-22-17(23(16)19)27-10-12-9-26-15(20-12)11-6-7-13(24-4)14(8-11)25-5/h6-9H,10,19H2,1-5H3. The van der Waals surface area contributed by atoms with E-state index in [9.17, 15) is 0 Å². The van der Waals surface area contributed by atoms with Crippen LogP contribution in [-0.4, -0.2) is 34.1 Å². The van der Waals surface area contributed by atoms with Crippen LogP contribution < -0.4 is 15.3 Å². The molecule has 0 aliphatic carbocycles. The van der Waals surface area contributed by atoms with Crippen LogP contribution in [-0.2, 0) is 11.2 Å².